The number of ether oxygens (including phenoxy) is 2. The van der Waals surface area contributed by atoms with Crippen molar-refractivity contribution in [2.75, 3.05) is 37.7 Å². The van der Waals surface area contributed by atoms with Crippen LogP contribution in [0.2, 0.25) is 0 Å². The van der Waals surface area contributed by atoms with E-state index in [1.165, 1.54) is 24.8 Å². The summed E-state index contributed by atoms with van der Waals surface area (Å²) in [5.41, 5.74) is 1.24. The molecule has 0 bridgehead atoms. The monoisotopic (exact) mass is 412 g/mol. The van der Waals surface area contributed by atoms with Crippen LogP contribution in [0, 0.1) is 6.92 Å². The molecule has 0 saturated carbocycles. The largest absolute Gasteiger partial charge is 0.484 e. The van der Waals surface area contributed by atoms with E-state index in [2.05, 4.69) is 34.0 Å². The number of nitrogens with zero attached hydrogens (tertiary/aromatic N) is 3. The molecule has 1 N–H and O–H groups in total. The van der Waals surface area contributed by atoms with E-state index < -0.39 is 0 Å². The Kier molecular flexibility index (Phi) is 7.88. The predicted molar refractivity (Wildman–Crippen MR) is 117 cm³/mol. The molecule has 2 heterocycles. The molecule has 1 fully saturated rings. The van der Waals surface area contributed by atoms with Gasteiger partial charge in [-0.1, -0.05) is 26.0 Å². The Hall–Kier alpha value is -2.83. The Morgan fingerprint density at radius 2 is 1.83 bits per heavy atom. The Morgan fingerprint density at radius 1 is 1.10 bits per heavy atom. The van der Waals surface area contributed by atoms with Crippen molar-refractivity contribution in [3.05, 3.63) is 41.7 Å². The molecule has 0 unspecified atom stereocenters. The van der Waals surface area contributed by atoms with Crippen LogP contribution in [0.1, 0.15) is 50.4 Å². The minimum atomic E-state index is -0.181. The molecule has 1 aromatic carbocycles. The first-order valence-corrected chi connectivity index (χ1v) is 10.7. The molecular formula is C23H32N4O3. The molecule has 0 atom stereocenters. The summed E-state index contributed by atoms with van der Waals surface area (Å²) in [4.78, 5) is 23.1. The summed E-state index contributed by atoms with van der Waals surface area (Å²) in [6.45, 7) is 8.89. The summed E-state index contributed by atoms with van der Waals surface area (Å²) in [6, 6.07) is 9.71. The summed E-state index contributed by atoms with van der Waals surface area (Å²) < 4.78 is 11.3. The van der Waals surface area contributed by atoms with Crippen LogP contribution in [0.3, 0.4) is 0 Å². The van der Waals surface area contributed by atoms with Gasteiger partial charge >= 0.3 is 0 Å². The zero-order chi connectivity index (χ0) is 21.3. The van der Waals surface area contributed by atoms with Gasteiger partial charge < -0.3 is 19.7 Å². The molecule has 3 rings (SSSR count). The van der Waals surface area contributed by atoms with Crippen LogP contribution >= 0.6 is 0 Å². The van der Waals surface area contributed by atoms with E-state index in [1.54, 1.807) is 0 Å². The number of nitrogens with one attached hydrogen (secondary N) is 1. The van der Waals surface area contributed by atoms with Crippen molar-refractivity contribution in [2.45, 2.75) is 46.0 Å². The molecule has 1 aliphatic heterocycles. The predicted octanol–water partition coefficient (Wildman–Crippen LogP) is 3.47. The number of carbonyl (C=O) groups is 1. The highest BCUT2D eigenvalue weighted by Gasteiger charge is 2.14. The quantitative estimate of drug-likeness (QED) is 0.636. The molecule has 1 aliphatic rings. The lowest BCUT2D eigenvalue weighted by Gasteiger charge is -2.28. The van der Waals surface area contributed by atoms with E-state index >= 15 is 0 Å². The minimum absolute atomic E-state index is 0.0211. The summed E-state index contributed by atoms with van der Waals surface area (Å²) in [7, 11) is 0. The van der Waals surface area contributed by atoms with Gasteiger partial charge in [-0.15, -0.1) is 0 Å². The average molecular weight is 413 g/mol. The second-order valence-electron chi connectivity index (χ2n) is 7.87. The first-order chi connectivity index (χ1) is 14.5. The highest BCUT2D eigenvalue weighted by molar-refractivity contribution is 5.77. The van der Waals surface area contributed by atoms with Gasteiger partial charge in [-0.25, -0.2) is 4.98 Å². The maximum absolute atomic E-state index is 12.0. The van der Waals surface area contributed by atoms with Crippen molar-refractivity contribution in [3.8, 4) is 11.6 Å². The first kappa shape index (κ1) is 21.9. The van der Waals surface area contributed by atoms with Gasteiger partial charge in [0.15, 0.2) is 6.61 Å². The zero-order valence-corrected chi connectivity index (χ0v) is 18.2. The van der Waals surface area contributed by atoms with Gasteiger partial charge in [0, 0.05) is 19.2 Å². The molecule has 1 saturated heterocycles. The van der Waals surface area contributed by atoms with Crippen LogP contribution in [0.25, 0.3) is 0 Å². The number of carbonyl (C=O) groups excluding carboxylic acids is 1. The van der Waals surface area contributed by atoms with Crippen molar-refractivity contribution in [1.82, 2.24) is 15.3 Å². The Bertz CT molecular complexity index is 818. The maximum atomic E-state index is 12.0. The van der Waals surface area contributed by atoms with Gasteiger partial charge in [0.25, 0.3) is 5.91 Å². The maximum Gasteiger partial charge on any atom is 0.258 e. The van der Waals surface area contributed by atoms with Crippen LogP contribution in [0.4, 0.5) is 5.82 Å². The fourth-order valence-electron chi connectivity index (χ4n) is 3.38. The molecular weight excluding hydrogens is 380 g/mol. The van der Waals surface area contributed by atoms with Crippen LogP contribution < -0.4 is 19.7 Å². The van der Waals surface area contributed by atoms with E-state index in [0.29, 0.717) is 36.5 Å². The van der Waals surface area contributed by atoms with Gasteiger partial charge in [0.1, 0.15) is 24.0 Å². The van der Waals surface area contributed by atoms with Crippen molar-refractivity contribution in [3.63, 3.8) is 0 Å². The van der Waals surface area contributed by atoms with Crippen LogP contribution in [0.15, 0.2) is 30.3 Å². The van der Waals surface area contributed by atoms with Crippen LogP contribution in [0.5, 0.6) is 11.6 Å². The average Bonchev–Trinajstić information content (AvgIpc) is 2.76. The van der Waals surface area contributed by atoms with Crippen molar-refractivity contribution < 1.29 is 14.3 Å². The number of aromatic nitrogens is 2. The summed E-state index contributed by atoms with van der Waals surface area (Å²) in [5, 5.41) is 2.80. The van der Waals surface area contributed by atoms with Gasteiger partial charge in [0.05, 0.1) is 6.54 Å². The summed E-state index contributed by atoms with van der Waals surface area (Å²) in [5.74, 6) is 3.12. The molecule has 0 aliphatic carbocycles. The molecule has 0 spiro atoms. The topological polar surface area (TPSA) is 76.6 Å². The molecule has 7 heteroatoms. The zero-order valence-electron chi connectivity index (χ0n) is 18.2. The number of piperidine rings is 1. The molecule has 162 valence electrons. The van der Waals surface area contributed by atoms with Gasteiger partial charge in [0.2, 0.25) is 5.88 Å². The van der Waals surface area contributed by atoms with Crippen molar-refractivity contribution >= 4 is 11.7 Å². The summed E-state index contributed by atoms with van der Waals surface area (Å²) >= 11 is 0. The fraction of sp³-hybridized carbons (Fsp3) is 0.522. The summed E-state index contributed by atoms with van der Waals surface area (Å²) in [6.07, 6.45) is 3.65. The fourth-order valence-corrected chi connectivity index (χ4v) is 3.38. The van der Waals surface area contributed by atoms with Crippen LogP contribution in [-0.2, 0) is 4.79 Å². The molecule has 2 aromatic rings. The molecule has 1 aromatic heterocycles. The number of hydrogen-bond donors (Lipinski definition) is 1. The normalized spacial score (nSPS) is 13.9. The lowest BCUT2D eigenvalue weighted by atomic mass is 10.0. The highest BCUT2D eigenvalue weighted by atomic mass is 16.5. The minimum Gasteiger partial charge on any atom is -0.484 e. The van der Waals surface area contributed by atoms with E-state index in [9.17, 15) is 4.79 Å². The Labute approximate surface area is 178 Å². The third-order valence-electron chi connectivity index (χ3n) is 5.07. The number of aryl methyl sites for hydroxylation is 1. The van der Waals surface area contributed by atoms with Gasteiger partial charge in [-0.3, -0.25) is 4.79 Å². The Morgan fingerprint density at radius 3 is 2.53 bits per heavy atom. The third-order valence-corrected chi connectivity index (χ3v) is 5.07. The molecule has 30 heavy (non-hydrogen) atoms. The van der Waals surface area contributed by atoms with Crippen LogP contribution in [-0.4, -0.2) is 48.7 Å². The first-order valence-electron chi connectivity index (χ1n) is 10.7. The van der Waals surface area contributed by atoms with Crippen molar-refractivity contribution in [1.29, 1.82) is 0 Å². The number of anilines is 1. The van der Waals surface area contributed by atoms with E-state index in [-0.39, 0.29) is 12.5 Å². The lowest BCUT2D eigenvalue weighted by Crippen LogP contribution is -2.32. The van der Waals surface area contributed by atoms with E-state index in [4.69, 9.17) is 9.47 Å². The second-order valence-corrected chi connectivity index (χ2v) is 7.87. The number of rotatable bonds is 9. The van der Waals surface area contributed by atoms with Crippen molar-refractivity contribution in [2.24, 2.45) is 0 Å². The number of benzene rings is 1. The SMILES string of the molecule is Cc1nc(OCCNC(=O)COc2ccc(C(C)C)cc2)cc(N2CCCCC2)n1. The highest BCUT2D eigenvalue weighted by Crippen LogP contribution is 2.21. The van der Waals surface area contributed by atoms with E-state index in [0.717, 1.165) is 18.9 Å². The molecule has 7 nitrogen and oxygen atoms in total. The van der Waals surface area contributed by atoms with E-state index in [1.807, 2.05) is 37.3 Å². The third kappa shape index (κ3) is 6.61. The van der Waals surface area contributed by atoms with Gasteiger partial charge in [-0.05, 0) is 49.8 Å². The number of amides is 1. The molecule has 0 radical (unpaired) electrons. The lowest BCUT2D eigenvalue weighted by molar-refractivity contribution is -0.123. The van der Waals surface area contributed by atoms with Gasteiger partial charge in [-0.2, -0.15) is 4.98 Å². The molecule has 1 amide bonds. The number of hydrogen-bond acceptors (Lipinski definition) is 6. The second kappa shape index (κ2) is 10.8. The standard InChI is InChI=1S/C23H32N4O3/c1-17(2)19-7-9-20(10-8-19)30-16-22(28)24-11-14-29-23-15-21(25-18(3)26-23)27-12-5-4-6-13-27/h7-10,15,17H,4-6,11-14,16H2,1-3H3,(H,24,28). The smallest absolute Gasteiger partial charge is 0.258 e. The Balaban J connectivity index is 1.39.